The lowest BCUT2D eigenvalue weighted by atomic mass is 9.98. The molecule has 6 heteroatoms. The number of amides is 3. The van der Waals surface area contributed by atoms with Crippen molar-refractivity contribution in [3.63, 3.8) is 0 Å². The first-order chi connectivity index (χ1) is 9.61. The number of nitrogens with one attached hydrogen (secondary N) is 1. The SMILES string of the molecule is COc1ccccc1NC(=O)N1CCCC(C(N)=O)C1. The number of piperidine rings is 1. The minimum absolute atomic E-state index is 0.236. The maximum Gasteiger partial charge on any atom is 0.321 e. The lowest BCUT2D eigenvalue weighted by molar-refractivity contribution is -0.123. The number of nitrogens with two attached hydrogens (primary N) is 1. The van der Waals surface area contributed by atoms with Crippen molar-refractivity contribution >= 4 is 17.6 Å². The van der Waals surface area contributed by atoms with E-state index in [4.69, 9.17) is 10.5 Å². The molecule has 0 saturated carbocycles. The second-order valence-electron chi connectivity index (χ2n) is 4.82. The number of methoxy groups -OCH3 is 1. The van der Waals surface area contributed by atoms with Crippen molar-refractivity contribution in [3.8, 4) is 5.75 Å². The Bertz CT molecular complexity index is 504. The van der Waals surface area contributed by atoms with Gasteiger partial charge in [-0.25, -0.2) is 4.79 Å². The first kappa shape index (κ1) is 14.2. The molecule has 1 aliphatic rings. The van der Waals surface area contributed by atoms with Gasteiger partial charge in [0, 0.05) is 13.1 Å². The molecular weight excluding hydrogens is 258 g/mol. The number of urea groups is 1. The van der Waals surface area contributed by atoms with Crippen molar-refractivity contribution in [1.29, 1.82) is 0 Å². The van der Waals surface area contributed by atoms with E-state index in [1.54, 1.807) is 24.1 Å². The zero-order valence-corrected chi connectivity index (χ0v) is 11.5. The minimum Gasteiger partial charge on any atom is -0.495 e. The molecule has 1 unspecified atom stereocenters. The Hall–Kier alpha value is -2.24. The van der Waals surface area contributed by atoms with Gasteiger partial charge in [-0.1, -0.05) is 12.1 Å². The van der Waals surface area contributed by atoms with Crippen LogP contribution in [0.1, 0.15) is 12.8 Å². The van der Waals surface area contributed by atoms with Crippen LogP contribution in [0.25, 0.3) is 0 Å². The first-order valence-corrected chi connectivity index (χ1v) is 6.60. The lowest BCUT2D eigenvalue weighted by Crippen LogP contribution is -2.45. The van der Waals surface area contributed by atoms with Crippen LogP contribution in [0.4, 0.5) is 10.5 Å². The molecule has 20 heavy (non-hydrogen) atoms. The predicted octanol–water partition coefficient (Wildman–Crippen LogP) is 1.42. The third kappa shape index (κ3) is 3.20. The smallest absolute Gasteiger partial charge is 0.321 e. The highest BCUT2D eigenvalue weighted by molar-refractivity contribution is 5.91. The van der Waals surface area contributed by atoms with E-state index >= 15 is 0 Å². The molecule has 1 atom stereocenters. The van der Waals surface area contributed by atoms with Crippen molar-refractivity contribution in [2.45, 2.75) is 12.8 Å². The molecule has 0 bridgehead atoms. The van der Waals surface area contributed by atoms with Gasteiger partial charge < -0.3 is 20.7 Å². The van der Waals surface area contributed by atoms with E-state index in [9.17, 15) is 9.59 Å². The summed E-state index contributed by atoms with van der Waals surface area (Å²) in [6.07, 6.45) is 1.53. The predicted molar refractivity (Wildman–Crippen MR) is 75.5 cm³/mol. The van der Waals surface area contributed by atoms with E-state index in [0.717, 1.165) is 12.8 Å². The van der Waals surface area contributed by atoms with Crippen LogP contribution in [-0.2, 0) is 4.79 Å². The summed E-state index contributed by atoms with van der Waals surface area (Å²) in [5.41, 5.74) is 5.92. The number of likely N-dealkylation sites (tertiary alicyclic amines) is 1. The second kappa shape index (κ2) is 6.27. The van der Waals surface area contributed by atoms with E-state index in [1.807, 2.05) is 12.1 Å². The fourth-order valence-corrected chi connectivity index (χ4v) is 2.34. The van der Waals surface area contributed by atoms with E-state index < -0.39 is 0 Å². The zero-order valence-electron chi connectivity index (χ0n) is 11.5. The lowest BCUT2D eigenvalue weighted by Gasteiger charge is -2.31. The third-order valence-electron chi connectivity index (χ3n) is 3.46. The number of rotatable bonds is 3. The van der Waals surface area contributed by atoms with Crippen LogP contribution in [0.15, 0.2) is 24.3 Å². The van der Waals surface area contributed by atoms with Gasteiger partial charge >= 0.3 is 6.03 Å². The monoisotopic (exact) mass is 277 g/mol. The van der Waals surface area contributed by atoms with Gasteiger partial charge in [0.1, 0.15) is 5.75 Å². The van der Waals surface area contributed by atoms with Gasteiger partial charge in [-0.15, -0.1) is 0 Å². The van der Waals surface area contributed by atoms with Gasteiger partial charge in [0.15, 0.2) is 0 Å². The van der Waals surface area contributed by atoms with Crippen molar-refractivity contribution in [2.24, 2.45) is 11.7 Å². The van der Waals surface area contributed by atoms with Crippen LogP contribution in [0.2, 0.25) is 0 Å². The van der Waals surface area contributed by atoms with E-state index in [2.05, 4.69) is 5.32 Å². The molecule has 1 saturated heterocycles. The van der Waals surface area contributed by atoms with E-state index in [1.165, 1.54) is 0 Å². The Balaban J connectivity index is 2.02. The normalized spacial score (nSPS) is 18.4. The molecule has 0 aromatic heterocycles. The average Bonchev–Trinajstić information content (AvgIpc) is 2.48. The molecule has 6 nitrogen and oxygen atoms in total. The summed E-state index contributed by atoms with van der Waals surface area (Å²) < 4.78 is 5.19. The van der Waals surface area contributed by atoms with Crippen LogP contribution in [0.5, 0.6) is 5.75 Å². The van der Waals surface area contributed by atoms with Crippen LogP contribution >= 0.6 is 0 Å². The number of primary amides is 1. The number of ether oxygens (including phenoxy) is 1. The molecule has 2 rings (SSSR count). The van der Waals surface area contributed by atoms with Crippen LogP contribution in [-0.4, -0.2) is 37.0 Å². The van der Waals surface area contributed by atoms with Crippen molar-refractivity contribution in [2.75, 3.05) is 25.5 Å². The van der Waals surface area contributed by atoms with Gasteiger partial charge in [0.2, 0.25) is 5.91 Å². The quantitative estimate of drug-likeness (QED) is 0.876. The average molecular weight is 277 g/mol. The van der Waals surface area contributed by atoms with Gasteiger partial charge in [-0.2, -0.15) is 0 Å². The fourth-order valence-electron chi connectivity index (χ4n) is 2.34. The fraction of sp³-hybridized carbons (Fsp3) is 0.429. The summed E-state index contributed by atoms with van der Waals surface area (Å²) in [7, 11) is 1.55. The van der Waals surface area contributed by atoms with E-state index in [0.29, 0.717) is 24.5 Å². The van der Waals surface area contributed by atoms with Crippen molar-refractivity contribution in [3.05, 3.63) is 24.3 Å². The van der Waals surface area contributed by atoms with Gasteiger partial charge in [0.25, 0.3) is 0 Å². The summed E-state index contributed by atoms with van der Waals surface area (Å²) in [6.45, 7) is 1.00. The summed E-state index contributed by atoms with van der Waals surface area (Å²) in [5.74, 6) is -0.00345. The number of hydrogen-bond donors (Lipinski definition) is 2. The number of hydrogen-bond acceptors (Lipinski definition) is 3. The topological polar surface area (TPSA) is 84.7 Å². The summed E-state index contributed by atoms with van der Waals surface area (Å²) in [6, 6.07) is 6.96. The van der Waals surface area contributed by atoms with Crippen molar-refractivity contribution < 1.29 is 14.3 Å². The molecule has 3 amide bonds. The highest BCUT2D eigenvalue weighted by atomic mass is 16.5. The minimum atomic E-state index is -0.347. The largest absolute Gasteiger partial charge is 0.495 e. The standard InChI is InChI=1S/C14H19N3O3/c1-20-12-7-3-2-6-11(12)16-14(19)17-8-4-5-10(9-17)13(15)18/h2-3,6-7,10H,4-5,8-9H2,1H3,(H2,15,18)(H,16,19). The zero-order chi connectivity index (χ0) is 14.5. The Morgan fingerprint density at radius 1 is 1.40 bits per heavy atom. The summed E-state index contributed by atoms with van der Waals surface area (Å²) in [5, 5.41) is 2.80. The number of nitrogens with zero attached hydrogens (tertiary/aromatic N) is 1. The number of benzene rings is 1. The Morgan fingerprint density at radius 3 is 2.85 bits per heavy atom. The van der Waals surface area contributed by atoms with Gasteiger partial charge in [-0.05, 0) is 25.0 Å². The molecular formula is C14H19N3O3. The van der Waals surface area contributed by atoms with Crippen LogP contribution < -0.4 is 15.8 Å². The second-order valence-corrected chi connectivity index (χ2v) is 4.82. The number of anilines is 1. The number of carbonyl (C=O) groups is 2. The highest BCUT2D eigenvalue weighted by Crippen LogP contribution is 2.24. The van der Waals surface area contributed by atoms with Crippen LogP contribution in [0.3, 0.4) is 0 Å². The maximum atomic E-state index is 12.2. The Morgan fingerprint density at radius 2 is 2.15 bits per heavy atom. The molecule has 3 N–H and O–H groups in total. The summed E-state index contributed by atoms with van der Waals surface area (Å²) >= 11 is 0. The Labute approximate surface area is 117 Å². The number of carbonyl (C=O) groups excluding carboxylic acids is 2. The molecule has 1 aromatic carbocycles. The molecule has 1 fully saturated rings. The van der Waals surface area contributed by atoms with Crippen molar-refractivity contribution in [1.82, 2.24) is 4.90 Å². The number of para-hydroxylation sites is 2. The van der Waals surface area contributed by atoms with Gasteiger partial charge in [0.05, 0.1) is 18.7 Å². The molecule has 0 aliphatic carbocycles. The summed E-state index contributed by atoms with van der Waals surface area (Å²) in [4.78, 5) is 25.1. The highest BCUT2D eigenvalue weighted by Gasteiger charge is 2.27. The van der Waals surface area contributed by atoms with E-state index in [-0.39, 0.29) is 17.9 Å². The van der Waals surface area contributed by atoms with Crippen LogP contribution in [0, 0.1) is 5.92 Å². The third-order valence-corrected chi connectivity index (χ3v) is 3.46. The molecule has 108 valence electrons. The molecule has 0 radical (unpaired) electrons. The first-order valence-electron chi connectivity index (χ1n) is 6.60. The molecule has 1 aromatic rings. The Kier molecular flexibility index (Phi) is 4.45. The van der Waals surface area contributed by atoms with Gasteiger partial charge in [-0.3, -0.25) is 4.79 Å². The molecule has 1 heterocycles. The molecule has 1 aliphatic heterocycles. The maximum absolute atomic E-state index is 12.2. The molecule has 0 spiro atoms.